The van der Waals surface area contributed by atoms with Gasteiger partial charge in [0.2, 0.25) is 0 Å². The maximum Gasteiger partial charge on any atom is 0.416 e. The van der Waals surface area contributed by atoms with Crippen molar-refractivity contribution in [1.82, 2.24) is 9.55 Å². The van der Waals surface area contributed by atoms with Gasteiger partial charge in [-0.25, -0.2) is 4.98 Å². The third-order valence-corrected chi connectivity index (χ3v) is 6.79. The molecule has 4 rings (SSSR count). The molecule has 0 aliphatic rings. The van der Waals surface area contributed by atoms with Crippen LogP contribution in [0, 0.1) is 0 Å². The SMILES string of the molecule is Cn1c(Sc2ccc(Cl)c(Cl)c2)nc(-c2ccc(C(F)(F)F)cc2)c1-c1ccc(Cl)cc1. The van der Waals surface area contributed by atoms with Crippen LogP contribution in [0.25, 0.3) is 22.5 Å². The van der Waals surface area contributed by atoms with Gasteiger partial charge in [-0.3, -0.25) is 0 Å². The number of rotatable bonds is 4. The van der Waals surface area contributed by atoms with Crippen LogP contribution >= 0.6 is 46.6 Å². The fraction of sp³-hybridized carbons (Fsp3) is 0.0870. The minimum Gasteiger partial charge on any atom is -0.321 e. The van der Waals surface area contributed by atoms with Crippen molar-refractivity contribution in [3.63, 3.8) is 0 Å². The number of hydrogen-bond donors (Lipinski definition) is 0. The monoisotopic (exact) mass is 512 g/mol. The van der Waals surface area contributed by atoms with E-state index in [9.17, 15) is 13.2 Å². The van der Waals surface area contributed by atoms with Gasteiger partial charge in [0.05, 0.1) is 27.0 Å². The Hall–Kier alpha value is -2.12. The summed E-state index contributed by atoms with van der Waals surface area (Å²) >= 11 is 19.6. The Morgan fingerprint density at radius 1 is 0.812 bits per heavy atom. The highest BCUT2D eigenvalue weighted by Crippen LogP contribution is 2.39. The minimum atomic E-state index is -4.41. The predicted molar refractivity (Wildman–Crippen MR) is 125 cm³/mol. The smallest absolute Gasteiger partial charge is 0.321 e. The third-order valence-electron chi connectivity index (χ3n) is 4.76. The van der Waals surface area contributed by atoms with Crippen LogP contribution in [0.2, 0.25) is 15.1 Å². The van der Waals surface area contributed by atoms with Crippen LogP contribution in [0.4, 0.5) is 13.2 Å². The summed E-state index contributed by atoms with van der Waals surface area (Å²) in [5.41, 5.74) is 2.01. The Bertz CT molecular complexity index is 1270. The van der Waals surface area contributed by atoms with Gasteiger partial charge >= 0.3 is 6.18 Å². The maximum absolute atomic E-state index is 13.0. The number of nitrogens with zero attached hydrogens (tertiary/aromatic N) is 2. The van der Waals surface area contributed by atoms with Gasteiger partial charge in [0.1, 0.15) is 0 Å². The Morgan fingerprint density at radius 2 is 1.44 bits per heavy atom. The average molecular weight is 514 g/mol. The molecule has 2 nitrogen and oxygen atoms in total. The van der Waals surface area contributed by atoms with E-state index >= 15 is 0 Å². The number of benzene rings is 3. The molecule has 0 N–H and O–H groups in total. The molecule has 0 atom stereocenters. The molecule has 1 aromatic heterocycles. The first-order chi connectivity index (χ1) is 15.1. The fourth-order valence-electron chi connectivity index (χ4n) is 3.17. The van der Waals surface area contributed by atoms with Crippen LogP contribution < -0.4 is 0 Å². The topological polar surface area (TPSA) is 17.8 Å². The fourth-order valence-corrected chi connectivity index (χ4v) is 4.55. The summed E-state index contributed by atoms with van der Waals surface area (Å²) in [5.74, 6) is 0. The van der Waals surface area contributed by atoms with Gasteiger partial charge < -0.3 is 4.57 Å². The van der Waals surface area contributed by atoms with Crippen molar-refractivity contribution < 1.29 is 13.2 Å². The summed E-state index contributed by atoms with van der Waals surface area (Å²) in [6.07, 6.45) is -4.41. The molecule has 0 bridgehead atoms. The summed E-state index contributed by atoms with van der Waals surface area (Å²) in [5, 5.41) is 2.09. The lowest BCUT2D eigenvalue weighted by Gasteiger charge is -2.10. The minimum absolute atomic E-state index is 0.423. The summed E-state index contributed by atoms with van der Waals surface area (Å²) < 4.78 is 41.0. The molecule has 0 radical (unpaired) electrons. The molecule has 1 heterocycles. The molecule has 0 saturated heterocycles. The lowest BCUT2D eigenvalue weighted by atomic mass is 10.0. The van der Waals surface area contributed by atoms with Gasteiger partial charge in [-0.1, -0.05) is 70.8 Å². The predicted octanol–water partition coefficient (Wildman–Crippen LogP) is 8.88. The van der Waals surface area contributed by atoms with Gasteiger partial charge in [-0.05, 0) is 42.5 Å². The van der Waals surface area contributed by atoms with Gasteiger partial charge in [0.15, 0.2) is 5.16 Å². The number of imidazole rings is 1. The standard InChI is InChI=1S/C23H14Cl3F3N2S/c1-31-21(14-4-8-16(24)9-5-14)20(13-2-6-15(7-3-13)23(27,28)29)30-22(31)32-17-10-11-18(25)19(26)12-17/h2-12H,1H3. The molecule has 0 fully saturated rings. The molecule has 4 aromatic rings. The second-order valence-electron chi connectivity index (χ2n) is 6.91. The van der Waals surface area contributed by atoms with E-state index in [1.165, 1.54) is 23.9 Å². The van der Waals surface area contributed by atoms with E-state index in [-0.39, 0.29) is 0 Å². The van der Waals surface area contributed by atoms with Gasteiger partial charge in [-0.15, -0.1) is 0 Å². The van der Waals surface area contributed by atoms with E-state index in [1.54, 1.807) is 24.3 Å². The van der Waals surface area contributed by atoms with E-state index in [4.69, 9.17) is 39.8 Å². The van der Waals surface area contributed by atoms with E-state index < -0.39 is 11.7 Å². The summed E-state index contributed by atoms with van der Waals surface area (Å²) in [6.45, 7) is 0. The number of hydrogen-bond acceptors (Lipinski definition) is 2. The third kappa shape index (κ3) is 4.79. The van der Waals surface area contributed by atoms with Gasteiger partial charge in [-0.2, -0.15) is 13.2 Å². The van der Waals surface area contributed by atoms with Crippen molar-refractivity contribution in [2.45, 2.75) is 16.2 Å². The highest BCUT2D eigenvalue weighted by molar-refractivity contribution is 7.99. The lowest BCUT2D eigenvalue weighted by molar-refractivity contribution is -0.137. The second kappa shape index (κ2) is 9.02. The number of alkyl halides is 3. The highest BCUT2D eigenvalue weighted by Gasteiger charge is 2.30. The molecule has 0 spiro atoms. The quantitative estimate of drug-likeness (QED) is 0.271. The molecule has 32 heavy (non-hydrogen) atoms. The summed E-state index contributed by atoms with van der Waals surface area (Å²) in [7, 11) is 1.85. The Balaban J connectivity index is 1.83. The molecule has 0 aliphatic carbocycles. The van der Waals surface area contributed by atoms with Crippen LogP contribution in [0.15, 0.2) is 76.8 Å². The number of aromatic nitrogens is 2. The molecular weight excluding hydrogens is 500 g/mol. The first kappa shape index (κ1) is 23.1. The van der Waals surface area contributed by atoms with Crippen molar-refractivity contribution in [3.05, 3.63) is 87.4 Å². The first-order valence-electron chi connectivity index (χ1n) is 9.26. The van der Waals surface area contributed by atoms with E-state index in [2.05, 4.69) is 0 Å². The lowest BCUT2D eigenvalue weighted by Crippen LogP contribution is -2.04. The highest BCUT2D eigenvalue weighted by atomic mass is 35.5. The van der Waals surface area contributed by atoms with E-state index in [0.29, 0.717) is 31.5 Å². The van der Waals surface area contributed by atoms with Crippen LogP contribution in [-0.4, -0.2) is 9.55 Å². The summed E-state index contributed by atoms with van der Waals surface area (Å²) in [4.78, 5) is 5.58. The Labute approximate surface area is 202 Å². The average Bonchev–Trinajstić information content (AvgIpc) is 3.07. The van der Waals surface area contributed by atoms with Crippen molar-refractivity contribution in [3.8, 4) is 22.5 Å². The van der Waals surface area contributed by atoms with E-state index in [1.807, 2.05) is 29.8 Å². The van der Waals surface area contributed by atoms with Crippen molar-refractivity contribution in [2.24, 2.45) is 7.05 Å². The zero-order valence-corrected chi connectivity index (χ0v) is 19.5. The Morgan fingerprint density at radius 3 is 2.03 bits per heavy atom. The van der Waals surface area contributed by atoms with Crippen LogP contribution in [0.5, 0.6) is 0 Å². The zero-order valence-electron chi connectivity index (χ0n) is 16.4. The molecule has 164 valence electrons. The molecule has 0 unspecified atom stereocenters. The van der Waals surface area contributed by atoms with Gasteiger partial charge in [0.25, 0.3) is 0 Å². The Kier molecular flexibility index (Phi) is 6.50. The molecule has 0 saturated carbocycles. The molecule has 0 amide bonds. The maximum atomic E-state index is 13.0. The van der Waals surface area contributed by atoms with E-state index in [0.717, 1.165) is 28.3 Å². The molecule has 9 heteroatoms. The second-order valence-corrected chi connectivity index (χ2v) is 9.20. The summed E-state index contributed by atoms with van der Waals surface area (Å²) in [6, 6.07) is 17.4. The number of halogens is 6. The van der Waals surface area contributed by atoms with Crippen LogP contribution in [-0.2, 0) is 13.2 Å². The van der Waals surface area contributed by atoms with Crippen molar-refractivity contribution >= 4 is 46.6 Å². The molecule has 3 aromatic carbocycles. The van der Waals surface area contributed by atoms with Crippen molar-refractivity contribution in [1.29, 1.82) is 0 Å². The van der Waals surface area contributed by atoms with Crippen LogP contribution in [0.3, 0.4) is 0 Å². The normalized spacial score (nSPS) is 11.7. The zero-order chi connectivity index (χ0) is 23.0. The van der Waals surface area contributed by atoms with Crippen LogP contribution in [0.1, 0.15) is 5.56 Å². The molecular formula is C23H14Cl3F3N2S. The largest absolute Gasteiger partial charge is 0.416 e. The van der Waals surface area contributed by atoms with Crippen molar-refractivity contribution in [2.75, 3.05) is 0 Å². The first-order valence-corrected chi connectivity index (χ1v) is 11.2. The molecule has 0 aliphatic heterocycles. The van der Waals surface area contributed by atoms with Gasteiger partial charge in [0, 0.05) is 28.1 Å².